The summed E-state index contributed by atoms with van der Waals surface area (Å²) in [4.78, 5) is 19.1. The van der Waals surface area contributed by atoms with Crippen LogP contribution in [0.5, 0.6) is 5.75 Å². The van der Waals surface area contributed by atoms with E-state index in [0.717, 1.165) is 38.2 Å². The van der Waals surface area contributed by atoms with Gasteiger partial charge in [-0.3, -0.25) is 9.69 Å². The molecule has 7 nitrogen and oxygen atoms in total. The number of nitrogens with one attached hydrogen (secondary N) is 1. The van der Waals surface area contributed by atoms with Gasteiger partial charge in [-0.15, -0.1) is 0 Å². The van der Waals surface area contributed by atoms with Crippen LogP contribution in [0, 0.1) is 0 Å². The van der Waals surface area contributed by atoms with Gasteiger partial charge in [-0.1, -0.05) is 19.1 Å². The molecule has 1 aromatic heterocycles. The lowest BCUT2D eigenvalue weighted by Gasteiger charge is -2.27. The van der Waals surface area contributed by atoms with Gasteiger partial charge >= 0.3 is 0 Å². The molecule has 1 amide bonds. The van der Waals surface area contributed by atoms with E-state index in [0.29, 0.717) is 37.3 Å². The molecule has 164 valence electrons. The number of hydrogen-bond donors (Lipinski definition) is 1. The summed E-state index contributed by atoms with van der Waals surface area (Å²) in [5.41, 5.74) is 1.51. The second-order valence-electron chi connectivity index (χ2n) is 7.71. The number of nitrogens with zero attached hydrogens (tertiary/aromatic N) is 2. The SMILES string of the molecule is CCOc1ccc(CN(Cc2nc(C(=O)NC[C@@H]3CCCO3)co2)[C@H](C)CC)cc1. The Morgan fingerprint density at radius 1 is 1.30 bits per heavy atom. The van der Waals surface area contributed by atoms with Crippen molar-refractivity contribution in [3.05, 3.63) is 47.7 Å². The molecule has 2 atom stereocenters. The number of carbonyl (C=O) groups is 1. The number of rotatable bonds is 11. The summed E-state index contributed by atoms with van der Waals surface area (Å²) in [6.07, 6.45) is 4.59. The van der Waals surface area contributed by atoms with E-state index in [4.69, 9.17) is 13.9 Å². The maximum atomic E-state index is 12.4. The molecule has 2 aromatic rings. The largest absolute Gasteiger partial charge is 0.494 e. The van der Waals surface area contributed by atoms with Crippen LogP contribution in [0.1, 0.15) is 62.0 Å². The second-order valence-corrected chi connectivity index (χ2v) is 7.71. The average molecular weight is 416 g/mol. The summed E-state index contributed by atoms with van der Waals surface area (Å²) in [6.45, 7) is 9.58. The van der Waals surface area contributed by atoms with Crippen molar-refractivity contribution >= 4 is 5.91 Å². The minimum Gasteiger partial charge on any atom is -0.494 e. The molecule has 0 radical (unpaired) electrons. The Morgan fingerprint density at radius 2 is 2.10 bits per heavy atom. The van der Waals surface area contributed by atoms with E-state index in [-0.39, 0.29) is 12.0 Å². The van der Waals surface area contributed by atoms with Gasteiger partial charge in [-0.05, 0) is 50.8 Å². The van der Waals surface area contributed by atoms with E-state index in [2.05, 4.69) is 41.2 Å². The van der Waals surface area contributed by atoms with Crippen LogP contribution in [0.2, 0.25) is 0 Å². The van der Waals surface area contributed by atoms with Gasteiger partial charge in [0, 0.05) is 25.7 Å². The monoisotopic (exact) mass is 415 g/mol. The van der Waals surface area contributed by atoms with Crippen molar-refractivity contribution in [2.24, 2.45) is 0 Å². The molecule has 2 heterocycles. The van der Waals surface area contributed by atoms with Gasteiger partial charge < -0.3 is 19.2 Å². The predicted octanol–water partition coefficient (Wildman–Crippen LogP) is 3.78. The Labute approximate surface area is 178 Å². The van der Waals surface area contributed by atoms with Crippen molar-refractivity contribution in [2.45, 2.75) is 65.3 Å². The van der Waals surface area contributed by atoms with Crippen molar-refractivity contribution in [3.63, 3.8) is 0 Å². The van der Waals surface area contributed by atoms with Crippen LogP contribution in [0.3, 0.4) is 0 Å². The van der Waals surface area contributed by atoms with Gasteiger partial charge in [-0.2, -0.15) is 0 Å². The van der Waals surface area contributed by atoms with Crippen LogP contribution in [0.25, 0.3) is 0 Å². The Kier molecular flexibility index (Phi) is 8.28. The summed E-state index contributed by atoms with van der Waals surface area (Å²) < 4.78 is 16.7. The van der Waals surface area contributed by atoms with Crippen LogP contribution in [0.15, 0.2) is 34.9 Å². The lowest BCUT2D eigenvalue weighted by atomic mass is 10.1. The fraction of sp³-hybridized carbons (Fsp3) is 0.565. The standard InChI is InChI=1S/C23H33N3O4/c1-4-17(3)26(14-18-8-10-19(11-9-18)28-5-2)15-22-25-21(16-30-22)23(27)24-13-20-7-6-12-29-20/h8-11,16-17,20H,4-7,12-15H2,1-3H3,(H,24,27)/t17-,20+/m1/s1. The minimum absolute atomic E-state index is 0.107. The Morgan fingerprint density at radius 3 is 2.77 bits per heavy atom. The third kappa shape index (κ3) is 6.31. The van der Waals surface area contributed by atoms with Crippen LogP contribution < -0.4 is 10.1 Å². The van der Waals surface area contributed by atoms with E-state index >= 15 is 0 Å². The highest BCUT2D eigenvalue weighted by atomic mass is 16.5. The van der Waals surface area contributed by atoms with Crippen LogP contribution in [-0.2, 0) is 17.8 Å². The third-order valence-corrected chi connectivity index (χ3v) is 5.47. The van der Waals surface area contributed by atoms with Crippen molar-refractivity contribution in [1.82, 2.24) is 15.2 Å². The first kappa shape index (κ1) is 22.3. The first-order chi connectivity index (χ1) is 14.6. The van der Waals surface area contributed by atoms with E-state index in [1.165, 1.54) is 11.8 Å². The zero-order chi connectivity index (χ0) is 21.3. The molecule has 0 spiro atoms. The Bertz CT molecular complexity index is 784. The van der Waals surface area contributed by atoms with Crippen LogP contribution in [-0.4, -0.2) is 47.7 Å². The normalized spacial score (nSPS) is 17.3. The van der Waals surface area contributed by atoms with Crippen molar-refractivity contribution < 1.29 is 18.7 Å². The zero-order valence-electron chi connectivity index (χ0n) is 18.2. The summed E-state index contributed by atoms with van der Waals surface area (Å²) in [6, 6.07) is 8.50. The molecular formula is C23H33N3O4. The maximum absolute atomic E-state index is 12.4. The molecule has 0 bridgehead atoms. The molecule has 1 aliphatic rings. The minimum atomic E-state index is -0.220. The number of oxazole rings is 1. The second kappa shape index (κ2) is 11.1. The lowest BCUT2D eigenvalue weighted by Crippen LogP contribution is -2.32. The van der Waals surface area contributed by atoms with E-state index in [1.807, 2.05) is 19.1 Å². The van der Waals surface area contributed by atoms with E-state index < -0.39 is 0 Å². The Hall–Kier alpha value is -2.38. The quantitative estimate of drug-likeness (QED) is 0.602. The first-order valence-electron chi connectivity index (χ1n) is 10.9. The molecule has 1 aromatic carbocycles. The summed E-state index contributed by atoms with van der Waals surface area (Å²) in [5, 5.41) is 2.88. The highest BCUT2D eigenvalue weighted by Gasteiger charge is 2.20. The van der Waals surface area contributed by atoms with Crippen molar-refractivity contribution in [2.75, 3.05) is 19.8 Å². The number of carbonyl (C=O) groups excluding carboxylic acids is 1. The van der Waals surface area contributed by atoms with Gasteiger partial charge in [0.25, 0.3) is 5.91 Å². The molecule has 0 unspecified atom stereocenters. The summed E-state index contributed by atoms with van der Waals surface area (Å²) >= 11 is 0. The first-order valence-corrected chi connectivity index (χ1v) is 10.9. The van der Waals surface area contributed by atoms with Gasteiger partial charge in [0.05, 0.1) is 19.3 Å². The molecule has 30 heavy (non-hydrogen) atoms. The molecule has 1 saturated heterocycles. The van der Waals surface area contributed by atoms with Gasteiger partial charge in [0.2, 0.25) is 5.89 Å². The molecule has 0 aliphatic carbocycles. The number of hydrogen-bond acceptors (Lipinski definition) is 6. The number of benzene rings is 1. The van der Waals surface area contributed by atoms with Crippen LogP contribution in [0.4, 0.5) is 0 Å². The van der Waals surface area contributed by atoms with Gasteiger partial charge in [-0.25, -0.2) is 4.98 Å². The number of amides is 1. The highest BCUT2D eigenvalue weighted by molar-refractivity contribution is 5.91. The molecule has 0 saturated carbocycles. The Balaban J connectivity index is 1.58. The zero-order valence-corrected chi connectivity index (χ0v) is 18.2. The molecule has 1 N–H and O–H groups in total. The van der Waals surface area contributed by atoms with Gasteiger partial charge in [0.1, 0.15) is 12.0 Å². The lowest BCUT2D eigenvalue weighted by molar-refractivity contribution is 0.0853. The average Bonchev–Trinajstić information content (AvgIpc) is 3.45. The van der Waals surface area contributed by atoms with E-state index in [1.54, 1.807) is 0 Å². The van der Waals surface area contributed by atoms with Crippen LogP contribution >= 0.6 is 0 Å². The topological polar surface area (TPSA) is 76.8 Å². The summed E-state index contributed by atoms with van der Waals surface area (Å²) in [7, 11) is 0. The fourth-order valence-corrected chi connectivity index (χ4v) is 3.48. The molecule has 1 aliphatic heterocycles. The maximum Gasteiger partial charge on any atom is 0.273 e. The van der Waals surface area contributed by atoms with Crippen molar-refractivity contribution in [3.8, 4) is 5.75 Å². The molecule has 1 fully saturated rings. The smallest absolute Gasteiger partial charge is 0.273 e. The summed E-state index contributed by atoms with van der Waals surface area (Å²) in [5.74, 6) is 1.20. The third-order valence-electron chi connectivity index (χ3n) is 5.47. The number of aromatic nitrogens is 1. The van der Waals surface area contributed by atoms with Gasteiger partial charge in [0.15, 0.2) is 5.69 Å². The number of ether oxygens (including phenoxy) is 2. The molecule has 3 rings (SSSR count). The fourth-order valence-electron chi connectivity index (χ4n) is 3.48. The van der Waals surface area contributed by atoms with Crippen molar-refractivity contribution in [1.29, 1.82) is 0 Å². The highest BCUT2D eigenvalue weighted by Crippen LogP contribution is 2.18. The predicted molar refractivity (Wildman–Crippen MR) is 114 cm³/mol. The molecular weight excluding hydrogens is 382 g/mol. The van der Waals surface area contributed by atoms with E-state index in [9.17, 15) is 4.79 Å². The molecule has 7 heteroatoms.